The van der Waals surface area contributed by atoms with Gasteiger partial charge in [-0.15, -0.1) is 16.4 Å². The van der Waals surface area contributed by atoms with E-state index in [0.717, 1.165) is 79.1 Å². The van der Waals surface area contributed by atoms with Crippen molar-refractivity contribution in [3.63, 3.8) is 0 Å². The van der Waals surface area contributed by atoms with E-state index >= 15 is 0 Å². The summed E-state index contributed by atoms with van der Waals surface area (Å²) in [5.74, 6) is 2.51. The number of thiophene rings is 1. The second kappa shape index (κ2) is 7.37. The van der Waals surface area contributed by atoms with Crippen LogP contribution in [0.4, 0.5) is 0 Å². The lowest BCUT2D eigenvalue weighted by atomic mass is 9.89. The molecule has 0 saturated carbocycles. The molecule has 30 heavy (non-hydrogen) atoms. The number of nitrogens with zero attached hydrogens (tertiary/aromatic N) is 5. The van der Waals surface area contributed by atoms with Crippen molar-refractivity contribution in [1.29, 1.82) is 0 Å². The minimum Gasteiger partial charge on any atom is -0.370 e. The van der Waals surface area contributed by atoms with Gasteiger partial charge in [0.25, 0.3) is 0 Å². The summed E-state index contributed by atoms with van der Waals surface area (Å²) in [4.78, 5) is 14.2. The molecule has 6 rings (SSSR count). The first-order valence-corrected chi connectivity index (χ1v) is 11.6. The first-order chi connectivity index (χ1) is 14.8. The van der Waals surface area contributed by atoms with Gasteiger partial charge in [-0.05, 0) is 42.9 Å². The van der Waals surface area contributed by atoms with E-state index < -0.39 is 0 Å². The fourth-order valence-corrected chi connectivity index (χ4v) is 6.08. The van der Waals surface area contributed by atoms with Crippen LogP contribution in [0.3, 0.4) is 0 Å². The largest absolute Gasteiger partial charge is 0.370 e. The van der Waals surface area contributed by atoms with E-state index in [4.69, 9.17) is 14.7 Å². The third-order valence-electron chi connectivity index (χ3n) is 6.34. The molecule has 1 aliphatic heterocycles. The van der Waals surface area contributed by atoms with Gasteiger partial charge in [-0.25, -0.2) is 9.97 Å². The molecule has 7 nitrogen and oxygen atoms in total. The molecule has 8 heteroatoms. The number of para-hydroxylation sites is 1. The Hall–Kier alpha value is -2.42. The molecule has 3 aromatic heterocycles. The van der Waals surface area contributed by atoms with Crippen LogP contribution in [0, 0.1) is 5.92 Å². The number of aryl methyl sites for hydroxylation is 1. The molecule has 0 unspecified atom stereocenters. The number of fused-ring (bicyclic) bond motifs is 4. The van der Waals surface area contributed by atoms with Crippen molar-refractivity contribution in [1.82, 2.24) is 25.0 Å². The van der Waals surface area contributed by atoms with E-state index in [0.29, 0.717) is 0 Å². The third kappa shape index (κ3) is 3.10. The van der Waals surface area contributed by atoms with Crippen LogP contribution in [0.1, 0.15) is 29.6 Å². The summed E-state index contributed by atoms with van der Waals surface area (Å²) in [6.07, 6.45) is 3.45. The monoisotopic (exact) mass is 421 g/mol. The van der Waals surface area contributed by atoms with Gasteiger partial charge >= 0.3 is 0 Å². The van der Waals surface area contributed by atoms with Gasteiger partial charge in [0, 0.05) is 4.88 Å². The van der Waals surface area contributed by atoms with Crippen molar-refractivity contribution >= 4 is 32.6 Å². The maximum atomic E-state index is 5.52. The van der Waals surface area contributed by atoms with Crippen LogP contribution in [0.2, 0.25) is 0 Å². The average Bonchev–Trinajstić information content (AvgIpc) is 3.34. The Bertz CT molecular complexity index is 1230. The Morgan fingerprint density at radius 3 is 2.97 bits per heavy atom. The fourth-order valence-electron chi connectivity index (χ4n) is 4.68. The third-order valence-corrected chi connectivity index (χ3v) is 7.49. The number of nitrogens with one attached hydrogen (secondary N) is 1. The zero-order chi connectivity index (χ0) is 20.1. The molecule has 0 amide bonds. The highest BCUT2D eigenvalue weighted by Crippen LogP contribution is 2.39. The summed E-state index contributed by atoms with van der Waals surface area (Å²) >= 11 is 1.85. The second-order valence-electron chi connectivity index (χ2n) is 8.52. The van der Waals surface area contributed by atoms with Gasteiger partial charge in [-0.3, -0.25) is 0 Å². The van der Waals surface area contributed by atoms with Crippen LogP contribution in [-0.2, 0) is 24.1 Å². The van der Waals surface area contributed by atoms with Gasteiger partial charge in [0.2, 0.25) is 0 Å². The van der Waals surface area contributed by atoms with Crippen LogP contribution in [0.25, 0.3) is 27.1 Å². The summed E-state index contributed by atoms with van der Waals surface area (Å²) in [6.45, 7) is 6.78. The average molecular weight is 422 g/mol. The standard InChI is InChI=1S/C22H24N6OS/c1-14-6-7-15-18(12-14)30-22-20(15)21(28-17-5-3-2-4-16(17)25-26-28)23-19(24-22)13-27-8-10-29-11-9-27/h2-5,14H,6-13H2,1H3/p+1/t14-/m1/s1. The second-order valence-corrected chi connectivity index (χ2v) is 9.61. The number of hydrogen-bond acceptors (Lipinski definition) is 6. The molecule has 1 atom stereocenters. The van der Waals surface area contributed by atoms with Gasteiger partial charge < -0.3 is 9.64 Å². The summed E-state index contributed by atoms with van der Waals surface area (Å²) in [7, 11) is 0. The maximum Gasteiger partial charge on any atom is 0.187 e. The first kappa shape index (κ1) is 18.4. The topological polar surface area (TPSA) is 70.2 Å². The highest BCUT2D eigenvalue weighted by Gasteiger charge is 2.26. The molecule has 4 aromatic rings. The number of ether oxygens (including phenoxy) is 1. The van der Waals surface area contributed by atoms with Crippen LogP contribution in [0.15, 0.2) is 24.3 Å². The molecule has 154 valence electrons. The number of benzene rings is 1. The zero-order valence-electron chi connectivity index (χ0n) is 17.1. The number of rotatable bonds is 3. The normalized spacial score (nSPS) is 20.1. The van der Waals surface area contributed by atoms with Gasteiger partial charge in [0.15, 0.2) is 11.6 Å². The number of quaternary nitrogens is 1. The summed E-state index contributed by atoms with van der Waals surface area (Å²) in [5, 5.41) is 10.1. The van der Waals surface area contributed by atoms with Crippen molar-refractivity contribution < 1.29 is 9.64 Å². The Morgan fingerprint density at radius 1 is 1.20 bits per heavy atom. The Morgan fingerprint density at radius 2 is 2.07 bits per heavy atom. The quantitative estimate of drug-likeness (QED) is 0.548. The molecular weight excluding hydrogens is 396 g/mol. The fraction of sp³-hybridized carbons (Fsp3) is 0.455. The van der Waals surface area contributed by atoms with Crippen LogP contribution in [0.5, 0.6) is 0 Å². The first-order valence-electron chi connectivity index (χ1n) is 10.8. The lowest BCUT2D eigenvalue weighted by Crippen LogP contribution is -3.12. The van der Waals surface area contributed by atoms with Gasteiger partial charge in [0.1, 0.15) is 30.0 Å². The molecular formula is C22H25N6OS+. The van der Waals surface area contributed by atoms with Crippen molar-refractivity contribution in [3.05, 3.63) is 40.5 Å². The summed E-state index contributed by atoms with van der Waals surface area (Å²) < 4.78 is 7.44. The molecule has 1 aliphatic carbocycles. The number of hydrogen-bond donors (Lipinski definition) is 1. The van der Waals surface area contributed by atoms with Gasteiger partial charge in [-0.2, -0.15) is 4.68 Å². The molecule has 0 spiro atoms. The molecule has 1 N–H and O–H groups in total. The van der Waals surface area contributed by atoms with Crippen LogP contribution < -0.4 is 4.90 Å². The zero-order valence-corrected chi connectivity index (χ0v) is 17.9. The maximum absolute atomic E-state index is 5.52. The molecule has 4 heterocycles. The lowest BCUT2D eigenvalue weighted by molar-refractivity contribution is -0.922. The van der Waals surface area contributed by atoms with Crippen LogP contribution in [-0.4, -0.2) is 51.3 Å². The predicted molar refractivity (Wildman–Crippen MR) is 116 cm³/mol. The Kier molecular flexibility index (Phi) is 4.51. The Balaban J connectivity index is 1.54. The number of aromatic nitrogens is 5. The van der Waals surface area contributed by atoms with E-state index in [-0.39, 0.29) is 0 Å². The van der Waals surface area contributed by atoms with Crippen molar-refractivity contribution in [2.45, 2.75) is 32.7 Å². The predicted octanol–water partition coefficient (Wildman–Crippen LogP) is 1.97. The van der Waals surface area contributed by atoms with E-state index in [9.17, 15) is 0 Å². The minimum absolute atomic E-state index is 0.728. The van der Waals surface area contributed by atoms with E-state index in [2.05, 4.69) is 23.3 Å². The molecule has 1 saturated heterocycles. The number of morpholine rings is 1. The van der Waals surface area contributed by atoms with Gasteiger partial charge in [0.05, 0.1) is 24.1 Å². The molecule has 1 aromatic carbocycles. The van der Waals surface area contributed by atoms with Crippen LogP contribution >= 0.6 is 11.3 Å². The summed E-state index contributed by atoms with van der Waals surface area (Å²) in [6, 6.07) is 8.10. The SMILES string of the molecule is C[C@@H]1CCc2c(sc3nc(C[NH+]4CCOCC4)nc(-n4nnc5ccccc54)c23)C1. The molecule has 0 radical (unpaired) electrons. The molecule has 2 aliphatic rings. The molecule has 0 bridgehead atoms. The highest BCUT2D eigenvalue weighted by atomic mass is 32.1. The lowest BCUT2D eigenvalue weighted by Gasteiger charge is -2.23. The van der Waals surface area contributed by atoms with E-state index in [1.165, 1.54) is 27.1 Å². The van der Waals surface area contributed by atoms with Crippen molar-refractivity contribution in [2.24, 2.45) is 5.92 Å². The molecule has 1 fully saturated rings. The van der Waals surface area contributed by atoms with E-state index in [1.807, 2.05) is 34.2 Å². The van der Waals surface area contributed by atoms with Gasteiger partial charge in [-0.1, -0.05) is 24.3 Å². The van der Waals surface area contributed by atoms with E-state index in [1.54, 1.807) is 0 Å². The highest BCUT2D eigenvalue weighted by molar-refractivity contribution is 7.18. The van der Waals surface area contributed by atoms with Crippen molar-refractivity contribution in [2.75, 3.05) is 26.3 Å². The minimum atomic E-state index is 0.728. The van der Waals surface area contributed by atoms with Crippen molar-refractivity contribution in [3.8, 4) is 5.82 Å². The summed E-state index contributed by atoms with van der Waals surface area (Å²) in [5.41, 5.74) is 3.31. The Labute approximate surface area is 178 Å². The smallest absolute Gasteiger partial charge is 0.187 e.